The summed E-state index contributed by atoms with van der Waals surface area (Å²) in [5, 5.41) is 1.96. The smallest absolute Gasteiger partial charge is 0.263 e. The Kier molecular flexibility index (Phi) is 6.67. The molecule has 2 aromatic carbocycles. The number of benzene rings is 2. The molecule has 1 fully saturated rings. The largest absolute Gasteiger partial charge is 0.354 e. The van der Waals surface area contributed by atoms with Gasteiger partial charge in [0.25, 0.3) is 5.91 Å². The third-order valence-electron chi connectivity index (χ3n) is 6.26. The second kappa shape index (κ2) is 10.2. The van der Waals surface area contributed by atoms with Crippen molar-refractivity contribution in [2.45, 2.75) is 19.8 Å². The van der Waals surface area contributed by atoms with Crippen molar-refractivity contribution in [1.82, 2.24) is 14.9 Å². The van der Waals surface area contributed by atoms with Crippen LogP contribution in [0, 0.1) is 6.92 Å². The Balaban J connectivity index is 1.48. The van der Waals surface area contributed by atoms with Crippen LogP contribution in [0.15, 0.2) is 78.2 Å². The molecule has 0 aliphatic carbocycles. The molecule has 0 N–H and O–H groups in total. The van der Waals surface area contributed by atoms with E-state index in [1.54, 1.807) is 0 Å². The lowest BCUT2D eigenvalue weighted by Crippen LogP contribution is -2.35. The van der Waals surface area contributed by atoms with Gasteiger partial charge < -0.3 is 9.80 Å². The van der Waals surface area contributed by atoms with Crippen LogP contribution in [0.4, 0.5) is 5.82 Å². The van der Waals surface area contributed by atoms with Gasteiger partial charge in [-0.15, -0.1) is 11.3 Å². The third-order valence-corrected chi connectivity index (χ3v) is 7.12. The SMILES string of the molecule is Cc1nc(-c2ccccc2)nc(N2CCCN(C(=O)c3cccs3)CC2)c1Cc1ccccc1. The number of nitrogens with zero attached hydrogens (tertiary/aromatic N) is 4. The van der Waals surface area contributed by atoms with E-state index in [0.717, 1.165) is 65.8 Å². The monoisotopic (exact) mass is 468 g/mol. The summed E-state index contributed by atoms with van der Waals surface area (Å²) >= 11 is 1.51. The number of thiophene rings is 1. The van der Waals surface area contributed by atoms with Gasteiger partial charge in [0.2, 0.25) is 0 Å². The van der Waals surface area contributed by atoms with E-state index >= 15 is 0 Å². The number of carbonyl (C=O) groups is 1. The molecule has 172 valence electrons. The van der Waals surface area contributed by atoms with E-state index < -0.39 is 0 Å². The van der Waals surface area contributed by atoms with Gasteiger partial charge in [0.15, 0.2) is 5.82 Å². The molecular weight excluding hydrogens is 440 g/mol. The molecule has 0 spiro atoms. The molecule has 0 unspecified atom stereocenters. The average molecular weight is 469 g/mol. The maximum Gasteiger partial charge on any atom is 0.263 e. The highest BCUT2D eigenvalue weighted by atomic mass is 32.1. The van der Waals surface area contributed by atoms with Gasteiger partial charge >= 0.3 is 0 Å². The van der Waals surface area contributed by atoms with Gasteiger partial charge in [-0.2, -0.15) is 0 Å². The summed E-state index contributed by atoms with van der Waals surface area (Å²) in [7, 11) is 0. The maximum absolute atomic E-state index is 13.0. The number of aromatic nitrogens is 2. The lowest BCUT2D eigenvalue weighted by molar-refractivity contribution is 0.0772. The first-order chi connectivity index (χ1) is 16.7. The van der Waals surface area contributed by atoms with Crippen molar-refractivity contribution in [3.05, 3.63) is 99.9 Å². The topological polar surface area (TPSA) is 49.3 Å². The molecule has 1 aliphatic heterocycles. The highest BCUT2D eigenvalue weighted by Gasteiger charge is 2.24. The number of rotatable bonds is 5. The van der Waals surface area contributed by atoms with E-state index in [9.17, 15) is 4.79 Å². The minimum atomic E-state index is 0.130. The number of hydrogen-bond acceptors (Lipinski definition) is 5. The normalized spacial score (nSPS) is 14.1. The quantitative estimate of drug-likeness (QED) is 0.390. The highest BCUT2D eigenvalue weighted by Crippen LogP contribution is 2.28. The number of anilines is 1. The highest BCUT2D eigenvalue weighted by molar-refractivity contribution is 7.12. The Labute approximate surface area is 204 Å². The van der Waals surface area contributed by atoms with Crippen LogP contribution in [0.2, 0.25) is 0 Å². The second-order valence-electron chi connectivity index (χ2n) is 8.57. The molecule has 1 saturated heterocycles. The van der Waals surface area contributed by atoms with Crippen molar-refractivity contribution >= 4 is 23.1 Å². The van der Waals surface area contributed by atoms with Gasteiger partial charge in [0.05, 0.1) is 4.88 Å². The summed E-state index contributed by atoms with van der Waals surface area (Å²) in [4.78, 5) is 28.1. The third kappa shape index (κ3) is 4.87. The van der Waals surface area contributed by atoms with Crippen LogP contribution in [0.25, 0.3) is 11.4 Å². The minimum absolute atomic E-state index is 0.130. The molecular formula is C28H28N4OS. The van der Waals surface area contributed by atoms with Crippen LogP contribution in [0.5, 0.6) is 0 Å². The number of hydrogen-bond donors (Lipinski definition) is 0. The minimum Gasteiger partial charge on any atom is -0.354 e. The van der Waals surface area contributed by atoms with Crippen LogP contribution in [0.1, 0.15) is 32.9 Å². The second-order valence-corrected chi connectivity index (χ2v) is 9.52. The zero-order valence-electron chi connectivity index (χ0n) is 19.4. The molecule has 2 aromatic heterocycles. The van der Waals surface area contributed by atoms with Crippen LogP contribution >= 0.6 is 11.3 Å². The Morgan fingerprint density at radius 3 is 2.38 bits per heavy atom. The zero-order chi connectivity index (χ0) is 23.3. The van der Waals surface area contributed by atoms with Crippen molar-refractivity contribution in [2.75, 3.05) is 31.1 Å². The maximum atomic E-state index is 13.0. The first-order valence-electron chi connectivity index (χ1n) is 11.7. The summed E-state index contributed by atoms with van der Waals surface area (Å²) in [6, 6.07) is 24.5. The molecule has 34 heavy (non-hydrogen) atoms. The fourth-order valence-corrected chi connectivity index (χ4v) is 5.15. The number of carbonyl (C=O) groups excluding carboxylic acids is 1. The Morgan fingerprint density at radius 1 is 0.882 bits per heavy atom. The summed E-state index contributed by atoms with van der Waals surface area (Å²) in [6.07, 6.45) is 1.69. The standard InChI is InChI=1S/C28H28N4OS/c1-21-24(20-22-10-4-2-5-11-22)27(30-26(29-21)23-12-6-3-7-13-23)31-15-9-16-32(18-17-31)28(33)25-14-8-19-34-25/h2-8,10-14,19H,9,15-18,20H2,1H3. The predicted molar refractivity (Wildman–Crippen MR) is 139 cm³/mol. The summed E-state index contributed by atoms with van der Waals surface area (Å²) in [6.45, 7) is 5.15. The molecule has 0 saturated carbocycles. The lowest BCUT2D eigenvalue weighted by atomic mass is 10.0. The molecule has 0 atom stereocenters. The molecule has 5 rings (SSSR count). The zero-order valence-corrected chi connectivity index (χ0v) is 20.2. The summed E-state index contributed by atoms with van der Waals surface area (Å²) in [5.41, 5.74) is 4.42. The van der Waals surface area contributed by atoms with Gasteiger partial charge in [-0.3, -0.25) is 4.79 Å². The van der Waals surface area contributed by atoms with Crippen molar-refractivity contribution in [2.24, 2.45) is 0 Å². The van der Waals surface area contributed by atoms with Crippen LogP contribution in [-0.2, 0) is 6.42 Å². The molecule has 5 nitrogen and oxygen atoms in total. The van der Waals surface area contributed by atoms with Crippen LogP contribution < -0.4 is 4.90 Å². The molecule has 1 aliphatic rings. The van der Waals surface area contributed by atoms with Crippen LogP contribution in [-0.4, -0.2) is 47.0 Å². The Morgan fingerprint density at radius 2 is 1.65 bits per heavy atom. The van der Waals surface area contributed by atoms with E-state index in [0.29, 0.717) is 6.54 Å². The van der Waals surface area contributed by atoms with Gasteiger partial charge in [-0.25, -0.2) is 9.97 Å². The van der Waals surface area contributed by atoms with Crippen molar-refractivity contribution < 1.29 is 4.79 Å². The molecule has 0 radical (unpaired) electrons. The number of aryl methyl sites for hydroxylation is 1. The summed E-state index contributed by atoms with van der Waals surface area (Å²) in [5.74, 6) is 1.87. The fraction of sp³-hybridized carbons (Fsp3) is 0.250. The van der Waals surface area contributed by atoms with Crippen molar-refractivity contribution in [3.63, 3.8) is 0 Å². The molecule has 3 heterocycles. The first kappa shape index (κ1) is 22.3. The predicted octanol–water partition coefficient (Wildman–Crippen LogP) is 5.46. The molecule has 4 aromatic rings. The molecule has 0 bridgehead atoms. The Bertz CT molecular complexity index is 1240. The van der Waals surface area contributed by atoms with E-state index in [2.05, 4.69) is 48.2 Å². The molecule has 6 heteroatoms. The van der Waals surface area contributed by atoms with Gasteiger partial charge in [-0.05, 0) is 30.4 Å². The van der Waals surface area contributed by atoms with Gasteiger partial charge in [-0.1, -0.05) is 66.7 Å². The van der Waals surface area contributed by atoms with Crippen LogP contribution in [0.3, 0.4) is 0 Å². The number of amides is 1. The van der Waals surface area contributed by atoms with E-state index in [1.807, 2.05) is 46.7 Å². The van der Waals surface area contributed by atoms with Crippen molar-refractivity contribution in [1.29, 1.82) is 0 Å². The Hall–Kier alpha value is -3.51. The van der Waals surface area contributed by atoms with E-state index in [4.69, 9.17) is 9.97 Å². The lowest BCUT2D eigenvalue weighted by Gasteiger charge is -2.26. The molecule has 1 amide bonds. The van der Waals surface area contributed by atoms with Crippen molar-refractivity contribution in [3.8, 4) is 11.4 Å². The first-order valence-corrected chi connectivity index (χ1v) is 12.6. The average Bonchev–Trinajstić information content (AvgIpc) is 3.31. The van der Waals surface area contributed by atoms with Gasteiger partial charge in [0, 0.05) is 49.4 Å². The van der Waals surface area contributed by atoms with E-state index in [-0.39, 0.29) is 5.91 Å². The van der Waals surface area contributed by atoms with E-state index in [1.165, 1.54) is 16.9 Å². The summed E-state index contributed by atoms with van der Waals surface area (Å²) < 4.78 is 0. The fourth-order valence-electron chi connectivity index (χ4n) is 4.45. The van der Waals surface area contributed by atoms with Gasteiger partial charge in [0.1, 0.15) is 5.82 Å².